The lowest BCUT2D eigenvalue weighted by Gasteiger charge is -2.07. The first-order valence-corrected chi connectivity index (χ1v) is 7.92. The van der Waals surface area contributed by atoms with Crippen LogP contribution in [0.15, 0.2) is 29.6 Å². The van der Waals surface area contributed by atoms with Crippen LogP contribution in [-0.4, -0.2) is 17.4 Å². The van der Waals surface area contributed by atoms with E-state index in [0.717, 1.165) is 23.5 Å². The number of para-hydroxylation sites is 1. The Morgan fingerprint density at radius 2 is 2.33 bits per heavy atom. The van der Waals surface area contributed by atoms with Crippen LogP contribution in [0.2, 0.25) is 0 Å². The molecule has 0 radical (unpaired) electrons. The number of nitrogens with zero attached hydrogens (tertiary/aromatic N) is 1. The van der Waals surface area contributed by atoms with Crippen molar-refractivity contribution in [2.45, 2.75) is 25.4 Å². The van der Waals surface area contributed by atoms with Gasteiger partial charge in [-0.25, -0.2) is 4.98 Å². The highest BCUT2D eigenvalue weighted by Gasteiger charge is 2.21. The molecule has 2 aromatic rings. The molecule has 1 aliphatic heterocycles. The molecular formula is C15H18N4OS. The van der Waals surface area contributed by atoms with Crippen molar-refractivity contribution in [2.75, 3.05) is 12.3 Å². The van der Waals surface area contributed by atoms with E-state index in [1.807, 2.05) is 29.6 Å². The topological polar surface area (TPSA) is 80.0 Å². The molecule has 0 saturated carbocycles. The molecule has 3 rings (SSSR count). The number of hydrogen-bond donors (Lipinski definition) is 3. The molecular weight excluding hydrogens is 284 g/mol. The third-order valence-corrected chi connectivity index (χ3v) is 4.57. The van der Waals surface area contributed by atoms with E-state index in [0.29, 0.717) is 24.0 Å². The van der Waals surface area contributed by atoms with Gasteiger partial charge in [0.15, 0.2) is 0 Å². The second-order valence-electron chi connectivity index (χ2n) is 5.10. The van der Waals surface area contributed by atoms with Crippen LogP contribution in [0, 0.1) is 0 Å². The molecule has 1 atom stereocenters. The number of thiazole rings is 1. The van der Waals surface area contributed by atoms with Gasteiger partial charge in [0.1, 0.15) is 10.7 Å². The number of nitrogen functional groups attached to an aromatic ring is 1. The Hall–Kier alpha value is -1.92. The van der Waals surface area contributed by atoms with E-state index in [1.54, 1.807) is 11.3 Å². The third-order valence-electron chi connectivity index (χ3n) is 3.61. The van der Waals surface area contributed by atoms with Crippen molar-refractivity contribution in [3.05, 3.63) is 45.9 Å². The molecule has 5 nitrogen and oxygen atoms in total. The number of hydrogen-bond acceptors (Lipinski definition) is 5. The Bertz CT molecular complexity index is 634. The van der Waals surface area contributed by atoms with Gasteiger partial charge < -0.3 is 16.4 Å². The van der Waals surface area contributed by atoms with Gasteiger partial charge in [-0.3, -0.25) is 4.79 Å². The smallest absolute Gasteiger partial charge is 0.271 e. The SMILES string of the molecule is Nc1ccccc1CNC(=O)c1csc(C2CCCN2)n1. The minimum atomic E-state index is -0.154. The van der Waals surface area contributed by atoms with Gasteiger partial charge in [0.25, 0.3) is 5.91 Å². The Labute approximate surface area is 127 Å². The van der Waals surface area contributed by atoms with Crippen molar-refractivity contribution in [3.8, 4) is 0 Å². The Kier molecular flexibility index (Phi) is 4.17. The molecule has 0 bridgehead atoms. The Morgan fingerprint density at radius 3 is 3.10 bits per heavy atom. The normalized spacial score (nSPS) is 17.8. The van der Waals surface area contributed by atoms with Gasteiger partial charge in [-0.1, -0.05) is 18.2 Å². The van der Waals surface area contributed by atoms with Crippen LogP contribution in [0.4, 0.5) is 5.69 Å². The number of nitrogens with one attached hydrogen (secondary N) is 2. The lowest BCUT2D eigenvalue weighted by Crippen LogP contribution is -2.24. The molecule has 110 valence electrons. The maximum absolute atomic E-state index is 12.1. The van der Waals surface area contributed by atoms with Crippen molar-refractivity contribution < 1.29 is 4.79 Å². The number of rotatable bonds is 4. The summed E-state index contributed by atoms with van der Waals surface area (Å²) in [4.78, 5) is 16.6. The van der Waals surface area contributed by atoms with Crippen LogP contribution in [-0.2, 0) is 6.54 Å². The molecule has 1 saturated heterocycles. The van der Waals surface area contributed by atoms with Crippen molar-refractivity contribution in [1.29, 1.82) is 0 Å². The van der Waals surface area contributed by atoms with Crippen LogP contribution in [0.25, 0.3) is 0 Å². The van der Waals surface area contributed by atoms with Gasteiger partial charge in [-0.2, -0.15) is 0 Å². The van der Waals surface area contributed by atoms with Gasteiger partial charge in [0.2, 0.25) is 0 Å². The van der Waals surface area contributed by atoms with Crippen molar-refractivity contribution >= 4 is 22.9 Å². The first-order valence-electron chi connectivity index (χ1n) is 7.04. The van der Waals surface area contributed by atoms with Gasteiger partial charge in [-0.05, 0) is 31.0 Å². The molecule has 1 aliphatic rings. The minimum Gasteiger partial charge on any atom is -0.398 e. The summed E-state index contributed by atoms with van der Waals surface area (Å²) < 4.78 is 0. The predicted octanol–water partition coefficient (Wildman–Crippen LogP) is 2.08. The summed E-state index contributed by atoms with van der Waals surface area (Å²) >= 11 is 1.54. The second kappa shape index (κ2) is 6.24. The summed E-state index contributed by atoms with van der Waals surface area (Å²) in [7, 11) is 0. The van der Waals surface area contributed by atoms with E-state index in [4.69, 9.17) is 5.73 Å². The number of benzene rings is 1. The van der Waals surface area contributed by atoms with Crippen LogP contribution in [0.5, 0.6) is 0 Å². The largest absolute Gasteiger partial charge is 0.398 e. The van der Waals surface area contributed by atoms with E-state index in [1.165, 1.54) is 6.42 Å². The van der Waals surface area contributed by atoms with Crippen molar-refractivity contribution in [3.63, 3.8) is 0 Å². The van der Waals surface area contributed by atoms with Crippen molar-refractivity contribution in [2.24, 2.45) is 0 Å². The van der Waals surface area contributed by atoms with Gasteiger partial charge in [0.05, 0.1) is 6.04 Å². The zero-order valence-corrected chi connectivity index (χ0v) is 12.5. The molecule has 1 amide bonds. The highest BCUT2D eigenvalue weighted by atomic mass is 32.1. The number of aromatic nitrogens is 1. The molecule has 2 heterocycles. The van der Waals surface area contributed by atoms with Crippen LogP contribution in [0.3, 0.4) is 0 Å². The highest BCUT2D eigenvalue weighted by Crippen LogP contribution is 2.25. The zero-order chi connectivity index (χ0) is 14.7. The van der Waals surface area contributed by atoms with Crippen LogP contribution >= 0.6 is 11.3 Å². The first kappa shape index (κ1) is 14.0. The first-order chi connectivity index (χ1) is 10.2. The molecule has 1 unspecified atom stereocenters. The lowest BCUT2D eigenvalue weighted by molar-refractivity contribution is 0.0946. The Morgan fingerprint density at radius 1 is 1.48 bits per heavy atom. The standard InChI is InChI=1S/C15H18N4OS/c16-11-5-2-1-4-10(11)8-18-14(20)13-9-21-15(19-13)12-6-3-7-17-12/h1-2,4-5,9,12,17H,3,6-8,16H2,(H,18,20). The quantitative estimate of drug-likeness (QED) is 0.755. The van der Waals surface area contributed by atoms with E-state index in [9.17, 15) is 4.79 Å². The summed E-state index contributed by atoms with van der Waals surface area (Å²) in [6, 6.07) is 7.83. The summed E-state index contributed by atoms with van der Waals surface area (Å²) in [5.74, 6) is -0.154. The number of nitrogens with two attached hydrogens (primary N) is 1. The summed E-state index contributed by atoms with van der Waals surface area (Å²) in [6.45, 7) is 1.44. The second-order valence-corrected chi connectivity index (χ2v) is 5.99. The lowest BCUT2D eigenvalue weighted by atomic mass is 10.2. The van der Waals surface area contributed by atoms with Crippen LogP contribution < -0.4 is 16.4 Å². The molecule has 6 heteroatoms. The summed E-state index contributed by atoms with van der Waals surface area (Å²) in [5, 5.41) is 9.07. The summed E-state index contributed by atoms with van der Waals surface area (Å²) in [6.07, 6.45) is 2.26. The number of carbonyl (C=O) groups excluding carboxylic acids is 1. The fraction of sp³-hybridized carbons (Fsp3) is 0.333. The number of anilines is 1. The van der Waals surface area contributed by atoms with Gasteiger partial charge in [-0.15, -0.1) is 11.3 Å². The average molecular weight is 302 g/mol. The molecule has 1 aromatic heterocycles. The van der Waals surface area contributed by atoms with E-state index in [-0.39, 0.29) is 5.91 Å². The zero-order valence-electron chi connectivity index (χ0n) is 11.6. The highest BCUT2D eigenvalue weighted by molar-refractivity contribution is 7.09. The monoisotopic (exact) mass is 302 g/mol. The van der Waals surface area contributed by atoms with E-state index >= 15 is 0 Å². The number of amides is 1. The molecule has 1 aromatic carbocycles. The van der Waals surface area contributed by atoms with Gasteiger partial charge in [0, 0.05) is 17.6 Å². The maximum atomic E-state index is 12.1. The predicted molar refractivity (Wildman–Crippen MR) is 84.1 cm³/mol. The molecule has 1 fully saturated rings. The molecule has 4 N–H and O–H groups in total. The summed E-state index contributed by atoms with van der Waals surface area (Å²) in [5.41, 5.74) is 7.95. The molecule has 21 heavy (non-hydrogen) atoms. The fourth-order valence-corrected chi connectivity index (χ4v) is 3.32. The average Bonchev–Trinajstić information content (AvgIpc) is 3.16. The number of carbonyl (C=O) groups is 1. The van der Waals surface area contributed by atoms with E-state index in [2.05, 4.69) is 15.6 Å². The minimum absolute atomic E-state index is 0.154. The Balaban J connectivity index is 1.62. The fourth-order valence-electron chi connectivity index (χ4n) is 2.41. The molecule has 0 spiro atoms. The molecule has 0 aliphatic carbocycles. The van der Waals surface area contributed by atoms with E-state index < -0.39 is 0 Å². The maximum Gasteiger partial charge on any atom is 0.271 e. The third kappa shape index (κ3) is 3.22. The van der Waals surface area contributed by atoms with Crippen LogP contribution in [0.1, 0.15) is 39.9 Å². The van der Waals surface area contributed by atoms with Gasteiger partial charge >= 0.3 is 0 Å². The van der Waals surface area contributed by atoms with Crippen molar-refractivity contribution in [1.82, 2.24) is 15.6 Å².